The van der Waals surface area contributed by atoms with Gasteiger partial charge in [-0.15, -0.1) is 0 Å². The van der Waals surface area contributed by atoms with E-state index in [0.717, 1.165) is 24.3 Å². The van der Waals surface area contributed by atoms with Gasteiger partial charge in [-0.2, -0.15) is 13.2 Å². The molecule has 1 rings (SSSR count). The van der Waals surface area contributed by atoms with E-state index in [1.54, 1.807) is 12.4 Å². The van der Waals surface area contributed by atoms with E-state index in [9.17, 15) is 13.2 Å². The smallest absolute Gasteiger partial charge is 0.384 e. The number of halogens is 3. The first-order valence-electron chi connectivity index (χ1n) is 6.51. The van der Waals surface area contributed by atoms with Crippen molar-refractivity contribution >= 4 is 11.4 Å². The maximum absolute atomic E-state index is 11.9. The van der Waals surface area contributed by atoms with Gasteiger partial charge >= 0.3 is 6.18 Å². The summed E-state index contributed by atoms with van der Waals surface area (Å²) in [6.07, 6.45) is 0.293. The van der Waals surface area contributed by atoms with Gasteiger partial charge in [-0.25, -0.2) is 0 Å². The first kappa shape index (κ1) is 15.6. The number of anilines is 2. The molecule has 0 aliphatic carbocycles. The van der Waals surface area contributed by atoms with E-state index in [1.165, 1.54) is 0 Å². The Kier molecular flexibility index (Phi) is 6.45. The Morgan fingerprint density at radius 1 is 1.05 bits per heavy atom. The van der Waals surface area contributed by atoms with E-state index >= 15 is 0 Å². The summed E-state index contributed by atoms with van der Waals surface area (Å²) in [6, 6.07) is 1.91. The first-order chi connectivity index (χ1) is 9.01. The summed E-state index contributed by atoms with van der Waals surface area (Å²) < 4.78 is 35.8. The van der Waals surface area contributed by atoms with Crippen molar-refractivity contribution in [1.29, 1.82) is 0 Å². The van der Waals surface area contributed by atoms with Crippen molar-refractivity contribution in [2.24, 2.45) is 0 Å². The van der Waals surface area contributed by atoms with Crippen LogP contribution < -0.4 is 10.6 Å². The van der Waals surface area contributed by atoms with Crippen LogP contribution in [0.15, 0.2) is 18.5 Å². The van der Waals surface area contributed by atoms with Crippen LogP contribution >= 0.6 is 0 Å². The van der Waals surface area contributed by atoms with E-state index in [2.05, 4.69) is 22.5 Å². The molecule has 108 valence electrons. The molecule has 6 heteroatoms. The molecule has 0 unspecified atom stereocenters. The predicted molar refractivity (Wildman–Crippen MR) is 71.4 cm³/mol. The number of nitrogens with one attached hydrogen (secondary N) is 2. The number of aromatic nitrogens is 1. The fourth-order valence-electron chi connectivity index (χ4n) is 1.59. The molecule has 0 saturated carbocycles. The van der Waals surface area contributed by atoms with Crippen LogP contribution in [0.25, 0.3) is 0 Å². The highest BCUT2D eigenvalue weighted by Gasteiger charge is 2.25. The topological polar surface area (TPSA) is 37.0 Å². The molecule has 2 N–H and O–H groups in total. The van der Waals surface area contributed by atoms with Gasteiger partial charge in [-0.3, -0.25) is 4.98 Å². The lowest BCUT2D eigenvalue weighted by Gasteiger charge is -2.09. The SMILES string of the molecule is CCCNc1cncc(NCCCCC(F)(F)F)c1. The molecule has 0 aliphatic heterocycles. The van der Waals surface area contributed by atoms with Gasteiger partial charge < -0.3 is 10.6 Å². The number of nitrogens with zero attached hydrogens (tertiary/aromatic N) is 1. The lowest BCUT2D eigenvalue weighted by molar-refractivity contribution is -0.135. The van der Waals surface area contributed by atoms with Gasteiger partial charge in [-0.05, 0) is 25.3 Å². The second-order valence-electron chi connectivity index (χ2n) is 4.39. The number of unbranched alkanes of at least 4 members (excludes halogenated alkanes) is 1. The molecule has 1 aromatic rings. The van der Waals surface area contributed by atoms with Gasteiger partial charge in [0.2, 0.25) is 0 Å². The molecule has 0 atom stereocenters. The van der Waals surface area contributed by atoms with Gasteiger partial charge in [0.1, 0.15) is 0 Å². The van der Waals surface area contributed by atoms with Gasteiger partial charge in [0.15, 0.2) is 0 Å². The Bertz CT molecular complexity index is 366. The zero-order chi connectivity index (χ0) is 14.1. The average molecular weight is 275 g/mol. The summed E-state index contributed by atoms with van der Waals surface area (Å²) >= 11 is 0. The third-order valence-corrected chi connectivity index (χ3v) is 2.53. The lowest BCUT2D eigenvalue weighted by atomic mass is 10.2. The third-order valence-electron chi connectivity index (χ3n) is 2.53. The molecule has 1 heterocycles. The predicted octanol–water partition coefficient (Wildman–Crippen LogP) is 4.05. The largest absolute Gasteiger partial charge is 0.389 e. The van der Waals surface area contributed by atoms with E-state index in [0.29, 0.717) is 13.0 Å². The molecule has 1 aromatic heterocycles. The number of alkyl halides is 3. The number of rotatable bonds is 8. The Labute approximate surface area is 111 Å². The van der Waals surface area contributed by atoms with Gasteiger partial charge in [0, 0.05) is 19.5 Å². The Morgan fingerprint density at radius 3 is 2.26 bits per heavy atom. The van der Waals surface area contributed by atoms with Crippen molar-refractivity contribution in [3.63, 3.8) is 0 Å². The summed E-state index contributed by atoms with van der Waals surface area (Å²) in [4.78, 5) is 4.07. The van der Waals surface area contributed by atoms with E-state index in [-0.39, 0.29) is 6.42 Å². The average Bonchev–Trinajstić information content (AvgIpc) is 2.35. The summed E-state index contributed by atoms with van der Waals surface area (Å²) in [6.45, 7) is 3.47. The van der Waals surface area contributed by atoms with Crippen LogP contribution in [0.3, 0.4) is 0 Å². The quantitative estimate of drug-likeness (QED) is 0.703. The van der Waals surface area contributed by atoms with Crippen molar-refractivity contribution in [2.75, 3.05) is 23.7 Å². The summed E-state index contributed by atoms with van der Waals surface area (Å²) in [7, 11) is 0. The monoisotopic (exact) mass is 275 g/mol. The molecule has 3 nitrogen and oxygen atoms in total. The first-order valence-corrected chi connectivity index (χ1v) is 6.51. The molecule has 0 saturated heterocycles. The van der Waals surface area contributed by atoms with Crippen LogP contribution in [0.2, 0.25) is 0 Å². The van der Waals surface area contributed by atoms with Gasteiger partial charge in [-0.1, -0.05) is 6.92 Å². The molecule has 0 amide bonds. The number of hydrogen-bond acceptors (Lipinski definition) is 3. The highest BCUT2D eigenvalue weighted by molar-refractivity contribution is 5.53. The van der Waals surface area contributed by atoms with Gasteiger partial charge in [0.25, 0.3) is 0 Å². The molecule has 0 spiro atoms. The van der Waals surface area contributed by atoms with Crippen LogP contribution in [-0.2, 0) is 0 Å². The van der Waals surface area contributed by atoms with E-state index in [1.807, 2.05) is 6.07 Å². The number of pyridine rings is 1. The standard InChI is InChI=1S/C13H20F3N3/c1-2-6-18-11-8-12(10-17-9-11)19-7-4-3-5-13(14,15)16/h8-10,18-19H,2-7H2,1H3. The van der Waals surface area contributed by atoms with Crippen LogP contribution in [0.5, 0.6) is 0 Å². The second-order valence-corrected chi connectivity index (χ2v) is 4.39. The minimum Gasteiger partial charge on any atom is -0.384 e. The van der Waals surface area contributed by atoms with Crippen molar-refractivity contribution in [2.45, 2.75) is 38.8 Å². The van der Waals surface area contributed by atoms with E-state index < -0.39 is 12.6 Å². The van der Waals surface area contributed by atoms with Crippen LogP contribution in [-0.4, -0.2) is 24.2 Å². The lowest BCUT2D eigenvalue weighted by Crippen LogP contribution is -2.09. The molecule has 0 radical (unpaired) electrons. The van der Waals surface area contributed by atoms with Crippen molar-refractivity contribution in [1.82, 2.24) is 4.98 Å². The minimum atomic E-state index is -4.05. The minimum absolute atomic E-state index is 0.150. The molecular weight excluding hydrogens is 255 g/mol. The molecule has 19 heavy (non-hydrogen) atoms. The van der Waals surface area contributed by atoms with Crippen molar-refractivity contribution in [3.05, 3.63) is 18.5 Å². The molecular formula is C13H20F3N3. The molecule has 0 bridgehead atoms. The van der Waals surface area contributed by atoms with Crippen LogP contribution in [0.4, 0.5) is 24.5 Å². The Balaban J connectivity index is 2.25. The zero-order valence-electron chi connectivity index (χ0n) is 11.1. The zero-order valence-corrected chi connectivity index (χ0v) is 11.1. The Hall–Kier alpha value is -1.46. The fraction of sp³-hybridized carbons (Fsp3) is 0.615. The fourth-order valence-corrected chi connectivity index (χ4v) is 1.59. The summed E-state index contributed by atoms with van der Waals surface area (Å²) in [5, 5.41) is 6.28. The van der Waals surface area contributed by atoms with Gasteiger partial charge in [0.05, 0.1) is 23.8 Å². The highest BCUT2D eigenvalue weighted by atomic mass is 19.4. The van der Waals surface area contributed by atoms with Crippen LogP contribution in [0, 0.1) is 0 Å². The molecule has 0 aliphatic rings. The molecule has 0 aromatic carbocycles. The third kappa shape index (κ3) is 7.54. The van der Waals surface area contributed by atoms with Crippen molar-refractivity contribution < 1.29 is 13.2 Å². The summed E-state index contributed by atoms with van der Waals surface area (Å²) in [5.74, 6) is 0. The second kappa shape index (κ2) is 7.86. The maximum atomic E-state index is 11.9. The maximum Gasteiger partial charge on any atom is 0.389 e. The molecule has 0 fully saturated rings. The Morgan fingerprint density at radius 2 is 1.68 bits per heavy atom. The van der Waals surface area contributed by atoms with Crippen molar-refractivity contribution in [3.8, 4) is 0 Å². The summed E-state index contributed by atoms with van der Waals surface area (Å²) in [5.41, 5.74) is 1.75. The van der Waals surface area contributed by atoms with Crippen LogP contribution in [0.1, 0.15) is 32.6 Å². The number of hydrogen-bond donors (Lipinski definition) is 2. The van der Waals surface area contributed by atoms with E-state index in [4.69, 9.17) is 0 Å². The normalized spacial score (nSPS) is 11.4. The highest BCUT2D eigenvalue weighted by Crippen LogP contribution is 2.22.